The van der Waals surface area contributed by atoms with Gasteiger partial charge >= 0.3 is 0 Å². The summed E-state index contributed by atoms with van der Waals surface area (Å²) in [4.78, 5) is 11.7. The van der Waals surface area contributed by atoms with Gasteiger partial charge in [0, 0.05) is 30.1 Å². The molecule has 0 bridgehead atoms. The highest BCUT2D eigenvalue weighted by atomic mass is 32.2. The number of hydrogen-bond acceptors (Lipinski definition) is 6. The molecule has 3 heterocycles. The SMILES string of the molecule is CC(C)c1csc(CN2CCC[C@H](CNS(=O)(=O)c3cccc4cccnc34)C2)n1. The van der Waals surface area contributed by atoms with E-state index in [1.807, 2.05) is 18.2 Å². The molecule has 0 saturated carbocycles. The first-order valence-electron chi connectivity index (χ1n) is 10.4. The van der Waals surface area contributed by atoms with Crippen LogP contribution in [0.4, 0.5) is 0 Å². The lowest BCUT2D eigenvalue weighted by Crippen LogP contribution is -2.40. The van der Waals surface area contributed by atoms with E-state index < -0.39 is 10.0 Å². The number of nitrogens with one attached hydrogen (secondary N) is 1. The van der Waals surface area contributed by atoms with Crippen molar-refractivity contribution in [3.8, 4) is 0 Å². The summed E-state index contributed by atoms with van der Waals surface area (Å²) in [6, 6.07) is 8.96. The third-order valence-electron chi connectivity index (χ3n) is 5.57. The van der Waals surface area contributed by atoms with E-state index in [1.165, 1.54) is 0 Å². The van der Waals surface area contributed by atoms with E-state index >= 15 is 0 Å². The van der Waals surface area contributed by atoms with Crippen LogP contribution in [0.5, 0.6) is 0 Å². The quantitative estimate of drug-likeness (QED) is 0.596. The average molecular weight is 445 g/mol. The van der Waals surface area contributed by atoms with Crippen molar-refractivity contribution in [2.45, 2.75) is 44.0 Å². The molecule has 1 aliphatic rings. The van der Waals surface area contributed by atoms with Gasteiger partial charge in [-0.15, -0.1) is 11.3 Å². The van der Waals surface area contributed by atoms with E-state index in [0.717, 1.165) is 48.6 Å². The van der Waals surface area contributed by atoms with Crippen LogP contribution in [0.25, 0.3) is 10.9 Å². The molecule has 0 spiro atoms. The summed E-state index contributed by atoms with van der Waals surface area (Å²) < 4.78 is 28.7. The van der Waals surface area contributed by atoms with Crippen LogP contribution in [0.2, 0.25) is 0 Å². The molecule has 4 rings (SSSR count). The van der Waals surface area contributed by atoms with Crippen LogP contribution in [0.15, 0.2) is 46.8 Å². The topological polar surface area (TPSA) is 75.2 Å². The van der Waals surface area contributed by atoms with E-state index in [1.54, 1.807) is 29.7 Å². The number of hydrogen-bond donors (Lipinski definition) is 1. The summed E-state index contributed by atoms with van der Waals surface area (Å²) >= 11 is 1.72. The number of pyridine rings is 1. The van der Waals surface area contributed by atoms with Crippen molar-refractivity contribution >= 4 is 32.3 Å². The van der Waals surface area contributed by atoms with E-state index in [9.17, 15) is 8.42 Å². The molecule has 1 atom stereocenters. The van der Waals surface area contributed by atoms with Crippen molar-refractivity contribution in [1.82, 2.24) is 19.6 Å². The first-order valence-corrected chi connectivity index (χ1v) is 12.8. The Hall–Kier alpha value is -1.87. The second-order valence-corrected chi connectivity index (χ2v) is 10.9. The first-order chi connectivity index (χ1) is 14.4. The molecule has 1 N–H and O–H groups in total. The molecule has 1 saturated heterocycles. The summed E-state index contributed by atoms with van der Waals surface area (Å²) in [5, 5.41) is 4.11. The summed E-state index contributed by atoms with van der Waals surface area (Å²) in [6.07, 6.45) is 3.73. The number of thiazole rings is 1. The fraction of sp³-hybridized carbons (Fsp3) is 0.455. The van der Waals surface area contributed by atoms with Gasteiger partial charge in [0.15, 0.2) is 0 Å². The minimum absolute atomic E-state index is 0.247. The third-order valence-corrected chi connectivity index (χ3v) is 7.88. The summed E-state index contributed by atoms with van der Waals surface area (Å²) in [5.41, 5.74) is 1.67. The Balaban J connectivity index is 1.39. The smallest absolute Gasteiger partial charge is 0.242 e. The molecule has 30 heavy (non-hydrogen) atoms. The van der Waals surface area contributed by atoms with Crippen molar-refractivity contribution in [3.05, 3.63) is 52.6 Å². The zero-order valence-corrected chi connectivity index (χ0v) is 19.0. The second-order valence-electron chi connectivity index (χ2n) is 8.25. The lowest BCUT2D eigenvalue weighted by atomic mass is 9.98. The lowest BCUT2D eigenvalue weighted by Gasteiger charge is -2.32. The van der Waals surface area contributed by atoms with E-state index in [4.69, 9.17) is 4.98 Å². The maximum Gasteiger partial charge on any atom is 0.242 e. The second kappa shape index (κ2) is 9.09. The number of benzene rings is 1. The Morgan fingerprint density at radius 2 is 2.10 bits per heavy atom. The van der Waals surface area contributed by atoms with Crippen LogP contribution < -0.4 is 4.72 Å². The van der Waals surface area contributed by atoms with Gasteiger partial charge in [0.25, 0.3) is 0 Å². The summed E-state index contributed by atoms with van der Waals surface area (Å²) in [6.45, 7) is 7.52. The van der Waals surface area contributed by atoms with E-state index in [0.29, 0.717) is 23.9 Å². The Kier molecular flexibility index (Phi) is 6.48. The number of fused-ring (bicyclic) bond motifs is 1. The molecular formula is C22H28N4O2S2. The zero-order chi connectivity index (χ0) is 21.1. The molecule has 2 aromatic heterocycles. The van der Waals surface area contributed by atoms with Gasteiger partial charge in [-0.3, -0.25) is 9.88 Å². The van der Waals surface area contributed by atoms with Gasteiger partial charge in [-0.05, 0) is 43.4 Å². The van der Waals surface area contributed by atoms with Gasteiger partial charge in [0.05, 0.1) is 17.8 Å². The summed E-state index contributed by atoms with van der Waals surface area (Å²) in [7, 11) is -3.61. The van der Waals surface area contributed by atoms with Crippen LogP contribution in [0, 0.1) is 5.92 Å². The summed E-state index contributed by atoms with van der Waals surface area (Å²) in [5.74, 6) is 0.739. The molecule has 1 aromatic carbocycles. The lowest BCUT2D eigenvalue weighted by molar-refractivity contribution is 0.168. The number of rotatable bonds is 7. The van der Waals surface area contributed by atoms with E-state index in [-0.39, 0.29) is 4.90 Å². The highest BCUT2D eigenvalue weighted by Gasteiger charge is 2.24. The molecule has 0 unspecified atom stereocenters. The van der Waals surface area contributed by atoms with Gasteiger partial charge in [0.2, 0.25) is 10.0 Å². The monoisotopic (exact) mass is 444 g/mol. The van der Waals surface area contributed by atoms with E-state index in [2.05, 4.69) is 33.8 Å². The third kappa shape index (κ3) is 4.88. The van der Waals surface area contributed by atoms with Gasteiger partial charge in [0.1, 0.15) is 9.90 Å². The predicted octanol–water partition coefficient (Wildman–Crippen LogP) is 4.01. The Labute approximate surface area is 182 Å². The zero-order valence-electron chi connectivity index (χ0n) is 17.4. The van der Waals surface area contributed by atoms with Gasteiger partial charge in [-0.2, -0.15) is 0 Å². The number of sulfonamides is 1. The molecule has 0 aliphatic carbocycles. The van der Waals surface area contributed by atoms with Crippen molar-refractivity contribution < 1.29 is 8.42 Å². The minimum atomic E-state index is -3.61. The predicted molar refractivity (Wildman–Crippen MR) is 121 cm³/mol. The van der Waals surface area contributed by atoms with Crippen molar-refractivity contribution in [2.75, 3.05) is 19.6 Å². The number of nitrogens with zero attached hydrogens (tertiary/aromatic N) is 3. The maximum atomic E-state index is 13.0. The molecule has 1 fully saturated rings. The van der Waals surface area contributed by atoms with Crippen LogP contribution in [-0.4, -0.2) is 42.9 Å². The van der Waals surface area contributed by atoms with Crippen molar-refractivity contribution in [2.24, 2.45) is 5.92 Å². The molecule has 0 amide bonds. The van der Waals surface area contributed by atoms with Gasteiger partial charge < -0.3 is 0 Å². The van der Waals surface area contributed by atoms with Crippen LogP contribution in [0.1, 0.15) is 43.3 Å². The maximum absolute atomic E-state index is 13.0. The largest absolute Gasteiger partial charge is 0.296 e. The van der Waals surface area contributed by atoms with Gasteiger partial charge in [-0.1, -0.05) is 32.0 Å². The molecule has 1 aliphatic heterocycles. The molecule has 0 radical (unpaired) electrons. The number of para-hydroxylation sites is 1. The van der Waals surface area contributed by atoms with Crippen molar-refractivity contribution in [1.29, 1.82) is 0 Å². The van der Waals surface area contributed by atoms with Crippen molar-refractivity contribution in [3.63, 3.8) is 0 Å². The molecule has 8 heteroatoms. The van der Waals surface area contributed by atoms with Gasteiger partial charge in [-0.25, -0.2) is 18.1 Å². The van der Waals surface area contributed by atoms with Crippen LogP contribution >= 0.6 is 11.3 Å². The number of aromatic nitrogens is 2. The normalized spacial score (nSPS) is 18.3. The fourth-order valence-electron chi connectivity index (χ4n) is 3.91. The molecule has 6 nitrogen and oxygen atoms in total. The van der Waals surface area contributed by atoms with Crippen LogP contribution in [-0.2, 0) is 16.6 Å². The average Bonchev–Trinajstić information content (AvgIpc) is 3.21. The highest BCUT2D eigenvalue weighted by molar-refractivity contribution is 7.89. The Morgan fingerprint density at radius 1 is 1.27 bits per heavy atom. The number of piperidine rings is 1. The molecule has 3 aromatic rings. The number of likely N-dealkylation sites (tertiary alicyclic amines) is 1. The van der Waals surface area contributed by atoms with Crippen LogP contribution in [0.3, 0.4) is 0 Å². The Morgan fingerprint density at radius 3 is 2.90 bits per heavy atom. The Bertz CT molecular complexity index is 1110. The molecular weight excluding hydrogens is 416 g/mol. The standard InChI is InChI=1S/C22H28N4O2S2/c1-16(2)19-15-29-21(25-19)14-26-11-5-6-17(13-26)12-24-30(27,28)20-9-3-7-18-8-4-10-23-22(18)20/h3-4,7-10,15-17,24H,5-6,11-14H2,1-2H3/t17-/m1/s1. The molecule has 160 valence electrons. The fourth-order valence-corrected chi connectivity index (χ4v) is 6.20. The minimum Gasteiger partial charge on any atom is -0.296 e. The highest BCUT2D eigenvalue weighted by Crippen LogP contribution is 2.24. The first kappa shape index (κ1) is 21.4.